The molecular formula is C22H20N6NaO6S. The van der Waals surface area contributed by atoms with E-state index < -0.39 is 16.2 Å². The van der Waals surface area contributed by atoms with E-state index in [1.54, 1.807) is 36.4 Å². The summed E-state index contributed by atoms with van der Waals surface area (Å²) in [5.74, 6) is -0.320. The first-order chi connectivity index (χ1) is 16.6. The summed E-state index contributed by atoms with van der Waals surface area (Å²) in [6.07, 6.45) is -0.652. The summed E-state index contributed by atoms with van der Waals surface area (Å²) < 4.78 is 35.7. The van der Waals surface area contributed by atoms with Gasteiger partial charge in [0.25, 0.3) is 10.1 Å². The maximum atomic E-state index is 11.5. The number of hydrogen-bond donors (Lipinski definition) is 3. The Morgan fingerprint density at radius 3 is 1.78 bits per heavy atom. The molecule has 0 spiro atoms. The molecule has 3 aromatic carbocycles. The Kier molecular flexibility index (Phi) is 10.4. The molecule has 0 saturated carbocycles. The van der Waals surface area contributed by atoms with Crippen molar-refractivity contribution < 1.29 is 27.3 Å². The molecule has 3 aromatic rings. The Bertz CT molecular complexity index is 1390. The van der Waals surface area contributed by atoms with E-state index in [0.717, 1.165) is 0 Å². The Labute approximate surface area is 228 Å². The maximum Gasteiger partial charge on any atom is 0.411 e. The average molecular weight is 519 g/mol. The predicted molar refractivity (Wildman–Crippen MR) is 134 cm³/mol. The van der Waals surface area contributed by atoms with Gasteiger partial charge in [0.05, 0.1) is 34.8 Å². The molecule has 0 unspecified atom stereocenters. The van der Waals surface area contributed by atoms with E-state index in [1.165, 1.54) is 44.4 Å². The second kappa shape index (κ2) is 13.0. The number of amides is 2. The van der Waals surface area contributed by atoms with Gasteiger partial charge in [0.15, 0.2) is 0 Å². The van der Waals surface area contributed by atoms with Gasteiger partial charge in [-0.05, 0) is 66.7 Å². The van der Waals surface area contributed by atoms with Crippen LogP contribution in [0.2, 0.25) is 0 Å². The molecule has 0 aliphatic rings. The maximum absolute atomic E-state index is 11.5. The summed E-state index contributed by atoms with van der Waals surface area (Å²) in [5, 5.41) is 21.5. The van der Waals surface area contributed by atoms with Crippen molar-refractivity contribution in [1.29, 1.82) is 0 Å². The van der Waals surface area contributed by atoms with E-state index in [-0.39, 0.29) is 40.4 Å². The second-order valence-corrected chi connectivity index (χ2v) is 8.34. The molecule has 0 aliphatic heterocycles. The van der Waals surface area contributed by atoms with Crippen LogP contribution in [0.5, 0.6) is 0 Å². The molecular weight excluding hydrogens is 499 g/mol. The van der Waals surface area contributed by atoms with Crippen LogP contribution in [-0.2, 0) is 19.6 Å². The summed E-state index contributed by atoms with van der Waals surface area (Å²) in [6.45, 7) is 1.34. The summed E-state index contributed by atoms with van der Waals surface area (Å²) in [4.78, 5) is 22.7. The van der Waals surface area contributed by atoms with Gasteiger partial charge in [0, 0.05) is 42.2 Å². The SMILES string of the molecule is COC(=O)Nc1ccc(N=Nc2ccc(N=Nc3ccc(S(=O)(=O)O)cc3)cc2)c(NC(C)=O)c1.[Na]. The largest absolute Gasteiger partial charge is 0.453 e. The van der Waals surface area contributed by atoms with Crippen LogP contribution in [0.1, 0.15) is 6.92 Å². The van der Waals surface area contributed by atoms with Crippen molar-refractivity contribution in [3.63, 3.8) is 0 Å². The topological polar surface area (TPSA) is 171 Å². The van der Waals surface area contributed by atoms with Gasteiger partial charge < -0.3 is 10.1 Å². The van der Waals surface area contributed by atoms with Crippen molar-refractivity contribution in [1.82, 2.24) is 0 Å². The van der Waals surface area contributed by atoms with Gasteiger partial charge in [-0.25, -0.2) is 4.79 Å². The normalized spacial score (nSPS) is 11.2. The van der Waals surface area contributed by atoms with Gasteiger partial charge in [0.1, 0.15) is 5.69 Å². The van der Waals surface area contributed by atoms with E-state index >= 15 is 0 Å². The van der Waals surface area contributed by atoms with E-state index in [2.05, 4.69) is 35.8 Å². The minimum Gasteiger partial charge on any atom is -0.453 e. The molecule has 0 aromatic heterocycles. The zero-order valence-corrected chi connectivity index (χ0v) is 22.4. The summed E-state index contributed by atoms with van der Waals surface area (Å²) in [6, 6.07) is 16.6. The molecule has 1 radical (unpaired) electrons. The number of nitrogens with zero attached hydrogens (tertiary/aromatic N) is 4. The zero-order chi connectivity index (χ0) is 25.4. The number of benzene rings is 3. The van der Waals surface area contributed by atoms with E-state index in [9.17, 15) is 18.0 Å². The van der Waals surface area contributed by atoms with Crippen molar-refractivity contribution >= 4 is 85.8 Å². The Hall–Kier alpha value is -3.49. The van der Waals surface area contributed by atoms with Gasteiger partial charge in [-0.2, -0.15) is 23.8 Å². The smallest absolute Gasteiger partial charge is 0.411 e. The fourth-order valence-corrected chi connectivity index (χ4v) is 3.14. The number of carbonyl (C=O) groups is 2. The monoisotopic (exact) mass is 519 g/mol. The van der Waals surface area contributed by atoms with Crippen LogP contribution in [0.15, 0.2) is 92.1 Å². The third kappa shape index (κ3) is 8.62. The van der Waals surface area contributed by atoms with Crippen LogP contribution in [0, 0.1) is 0 Å². The third-order valence-corrected chi connectivity index (χ3v) is 5.15. The van der Waals surface area contributed by atoms with Gasteiger partial charge in [-0.3, -0.25) is 14.7 Å². The molecule has 14 heteroatoms. The molecule has 3 rings (SSSR count). The summed E-state index contributed by atoms with van der Waals surface area (Å²) in [7, 11) is -3.03. The fraction of sp³-hybridized carbons (Fsp3) is 0.0909. The molecule has 181 valence electrons. The summed E-state index contributed by atoms with van der Waals surface area (Å²) in [5.41, 5.74) is 2.54. The quantitative estimate of drug-likeness (QED) is 0.211. The number of rotatable bonds is 7. The first-order valence-corrected chi connectivity index (χ1v) is 11.4. The van der Waals surface area contributed by atoms with E-state index in [4.69, 9.17) is 4.55 Å². The number of hydrogen-bond acceptors (Lipinski definition) is 9. The van der Waals surface area contributed by atoms with Crippen molar-refractivity contribution in [2.24, 2.45) is 20.5 Å². The van der Waals surface area contributed by atoms with Gasteiger partial charge >= 0.3 is 6.09 Å². The number of ether oxygens (including phenoxy) is 1. The number of carbonyl (C=O) groups excluding carboxylic acids is 2. The van der Waals surface area contributed by atoms with Crippen LogP contribution < -0.4 is 10.6 Å². The molecule has 36 heavy (non-hydrogen) atoms. The first kappa shape index (κ1) is 28.7. The van der Waals surface area contributed by atoms with E-state index in [0.29, 0.717) is 34.1 Å². The standard InChI is InChI=1S/C22H20N6O6S.Na/c1-14(29)23-21-13-18(24-22(30)34-2)9-12-20(21)28-27-16-5-3-15(4-6-16)25-26-17-7-10-19(11-8-17)35(31,32)33;/h3-13H,1-2H3,(H,23,29)(H,24,30)(H,31,32,33);. The predicted octanol–water partition coefficient (Wildman–Crippen LogP) is 5.52. The minimum atomic E-state index is -4.27. The molecule has 0 saturated heterocycles. The number of nitrogens with one attached hydrogen (secondary N) is 2. The van der Waals surface area contributed by atoms with Crippen molar-refractivity contribution in [3.8, 4) is 0 Å². The Morgan fingerprint density at radius 2 is 1.31 bits per heavy atom. The van der Waals surface area contributed by atoms with E-state index in [1.807, 2.05) is 0 Å². The fourth-order valence-electron chi connectivity index (χ4n) is 2.66. The van der Waals surface area contributed by atoms with Crippen LogP contribution in [0.3, 0.4) is 0 Å². The van der Waals surface area contributed by atoms with Crippen molar-refractivity contribution in [3.05, 3.63) is 66.7 Å². The van der Waals surface area contributed by atoms with Crippen LogP contribution in [-0.4, -0.2) is 61.6 Å². The van der Waals surface area contributed by atoms with Gasteiger partial charge in [-0.15, -0.1) is 5.11 Å². The number of azo groups is 2. The Balaban J connectivity index is 0.00000456. The second-order valence-electron chi connectivity index (χ2n) is 6.92. The zero-order valence-electron chi connectivity index (χ0n) is 19.5. The number of methoxy groups -OCH3 is 1. The molecule has 0 atom stereocenters. The minimum absolute atomic E-state index is 0. The van der Waals surface area contributed by atoms with Crippen LogP contribution in [0.4, 0.5) is 38.9 Å². The molecule has 2 amide bonds. The van der Waals surface area contributed by atoms with Gasteiger partial charge in [-0.1, -0.05) is 0 Å². The van der Waals surface area contributed by atoms with Crippen molar-refractivity contribution in [2.45, 2.75) is 11.8 Å². The third-order valence-electron chi connectivity index (χ3n) is 4.28. The summed E-state index contributed by atoms with van der Waals surface area (Å²) >= 11 is 0. The molecule has 0 bridgehead atoms. The molecule has 0 heterocycles. The molecule has 0 fully saturated rings. The molecule has 3 N–H and O–H groups in total. The first-order valence-electron chi connectivity index (χ1n) is 9.92. The number of anilines is 2. The molecule has 0 aliphatic carbocycles. The van der Waals surface area contributed by atoms with Crippen molar-refractivity contribution in [2.75, 3.05) is 17.7 Å². The van der Waals surface area contributed by atoms with Gasteiger partial charge in [0.2, 0.25) is 5.91 Å². The van der Waals surface area contributed by atoms with Crippen LogP contribution >= 0.6 is 0 Å². The van der Waals surface area contributed by atoms with Crippen LogP contribution in [0.25, 0.3) is 0 Å². The average Bonchev–Trinajstić information content (AvgIpc) is 2.82. The molecule has 12 nitrogen and oxygen atoms in total. The Morgan fingerprint density at radius 1 is 0.806 bits per heavy atom.